The summed E-state index contributed by atoms with van der Waals surface area (Å²) in [5.74, 6) is 1.01. The minimum absolute atomic E-state index is 0. The Morgan fingerprint density at radius 1 is 1.41 bits per heavy atom. The number of hydrogen-bond acceptors (Lipinski definition) is 6. The molecule has 0 aromatic carbocycles. The van der Waals surface area contributed by atoms with Crippen LogP contribution < -0.4 is 16.2 Å². The van der Waals surface area contributed by atoms with Crippen LogP contribution in [0.5, 0.6) is 0 Å². The van der Waals surface area contributed by atoms with E-state index < -0.39 is 16.1 Å². The number of guanidine groups is 1. The average Bonchev–Trinajstić information content (AvgIpc) is 2.88. The van der Waals surface area contributed by atoms with Crippen LogP contribution in [0, 0.1) is 0 Å². The quantitative estimate of drug-likeness (QED) is 0.296. The predicted octanol–water partition coefficient (Wildman–Crippen LogP) is -1.04. The first-order valence-corrected chi connectivity index (χ1v) is 9.74. The van der Waals surface area contributed by atoms with E-state index in [1.54, 1.807) is 4.90 Å². The Bertz CT molecular complexity index is 480. The molecule has 11 heteroatoms. The van der Waals surface area contributed by atoms with Crippen molar-refractivity contribution in [1.29, 1.82) is 0 Å². The Hall–Kier alpha value is -0.710. The number of rotatable bonds is 7. The number of amides is 1. The molecular weight excluding hydrogens is 350 g/mol. The second-order valence-corrected chi connectivity index (χ2v) is 7.75. The molecule has 1 atom stereocenters. The number of halogens is 1. The van der Waals surface area contributed by atoms with Gasteiger partial charge in [0.2, 0.25) is 21.9 Å². The van der Waals surface area contributed by atoms with Gasteiger partial charge in [-0.05, 0) is 12.8 Å². The lowest BCUT2D eigenvalue weighted by molar-refractivity contribution is -0.130. The second-order valence-electron chi connectivity index (χ2n) is 4.85. The standard InChI is InChI=1S/C11H23N5O3S2.ClH/c1-21(18,19)15-11(13)14-4-7-20-8-9(12)10(17)16-5-2-3-6-16;/h9H,2-8,12H2,1H3,(H3,13,14,15);1H/t9-;/m0./s1. The third-order valence-electron chi connectivity index (χ3n) is 2.84. The molecule has 130 valence electrons. The van der Waals surface area contributed by atoms with E-state index in [1.807, 2.05) is 0 Å². The summed E-state index contributed by atoms with van der Waals surface area (Å²) in [6.07, 6.45) is 3.10. The van der Waals surface area contributed by atoms with Gasteiger partial charge < -0.3 is 16.4 Å². The maximum Gasteiger partial charge on any atom is 0.240 e. The third kappa shape index (κ3) is 8.66. The highest BCUT2D eigenvalue weighted by Crippen LogP contribution is 2.10. The number of carbonyl (C=O) groups is 1. The first-order valence-electron chi connectivity index (χ1n) is 6.69. The van der Waals surface area contributed by atoms with Crippen LogP contribution in [0.4, 0.5) is 0 Å². The van der Waals surface area contributed by atoms with Gasteiger partial charge in [-0.25, -0.2) is 8.42 Å². The Morgan fingerprint density at radius 3 is 2.55 bits per heavy atom. The number of carbonyl (C=O) groups excluding carboxylic acids is 1. The lowest BCUT2D eigenvalue weighted by atomic mass is 10.3. The minimum Gasteiger partial charge on any atom is -0.369 e. The van der Waals surface area contributed by atoms with E-state index in [0.717, 1.165) is 32.2 Å². The highest BCUT2D eigenvalue weighted by Gasteiger charge is 2.23. The smallest absolute Gasteiger partial charge is 0.240 e. The van der Waals surface area contributed by atoms with Crippen LogP contribution in [0.2, 0.25) is 0 Å². The molecule has 1 fully saturated rings. The molecule has 22 heavy (non-hydrogen) atoms. The monoisotopic (exact) mass is 373 g/mol. The van der Waals surface area contributed by atoms with Gasteiger partial charge in [0, 0.05) is 24.6 Å². The molecule has 8 nitrogen and oxygen atoms in total. The summed E-state index contributed by atoms with van der Waals surface area (Å²) in [6.45, 7) is 1.97. The number of likely N-dealkylation sites (tertiary alicyclic amines) is 1. The van der Waals surface area contributed by atoms with Gasteiger partial charge in [0.05, 0.1) is 18.8 Å². The van der Waals surface area contributed by atoms with Gasteiger partial charge in [0.15, 0.2) is 0 Å². The van der Waals surface area contributed by atoms with Crippen molar-refractivity contribution in [1.82, 2.24) is 9.62 Å². The van der Waals surface area contributed by atoms with E-state index in [0.29, 0.717) is 18.1 Å². The molecule has 0 spiro atoms. The SMILES string of the molecule is CS(=O)(=O)NC(N)=NCCSC[C@H](N)C(=O)N1CCCC1.Cl. The van der Waals surface area contributed by atoms with Crippen molar-refractivity contribution in [2.45, 2.75) is 18.9 Å². The van der Waals surface area contributed by atoms with Crippen LogP contribution in [-0.2, 0) is 14.8 Å². The van der Waals surface area contributed by atoms with E-state index >= 15 is 0 Å². The number of sulfonamides is 1. The van der Waals surface area contributed by atoms with Crippen LogP contribution in [0.15, 0.2) is 4.99 Å². The van der Waals surface area contributed by atoms with Crippen LogP contribution >= 0.6 is 24.2 Å². The second kappa shape index (κ2) is 10.1. The predicted molar refractivity (Wildman–Crippen MR) is 92.8 cm³/mol. The Kier molecular flexibility index (Phi) is 9.81. The fourth-order valence-corrected chi connectivity index (χ4v) is 3.13. The number of aliphatic imine (C=N–C) groups is 1. The molecule has 0 unspecified atom stereocenters. The zero-order valence-corrected chi connectivity index (χ0v) is 15.0. The van der Waals surface area contributed by atoms with Gasteiger partial charge in [-0.2, -0.15) is 11.8 Å². The van der Waals surface area contributed by atoms with E-state index in [9.17, 15) is 13.2 Å². The Labute approximate surface area is 141 Å². The molecule has 1 amide bonds. The van der Waals surface area contributed by atoms with Crippen LogP contribution in [0.3, 0.4) is 0 Å². The molecule has 0 saturated carbocycles. The molecule has 0 aromatic heterocycles. The molecule has 5 N–H and O–H groups in total. The zero-order valence-electron chi connectivity index (χ0n) is 12.5. The van der Waals surface area contributed by atoms with Crippen molar-refractivity contribution in [3.05, 3.63) is 0 Å². The first kappa shape index (κ1) is 21.3. The van der Waals surface area contributed by atoms with Crippen molar-refractivity contribution in [3.8, 4) is 0 Å². The van der Waals surface area contributed by atoms with Crippen molar-refractivity contribution < 1.29 is 13.2 Å². The van der Waals surface area contributed by atoms with E-state index in [4.69, 9.17) is 11.5 Å². The van der Waals surface area contributed by atoms with Crippen LogP contribution in [0.25, 0.3) is 0 Å². The number of hydrogen-bond donors (Lipinski definition) is 3. The van der Waals surface area contributed by atoms with E-state index in [2.05, 4.69) is 9.71 Å². The Morgan fingerprint density at radius 2 is 2.00 bits per heavy atom. The molecule has 1 rings (SSSR count). The minimum atomic E-state index is -3.38. The van der Waals surface area contributed by atoms with Gasteiger partial charge in [0.25, 0.3) is 0 Å². The third-order valence-corrected chi connectivity index (χ3v) is 4.49. The summed E-state index contributed by atoms with van der Waals surface area (Å²) in [5, 5.41) is 0. The highest BCUT2D eigenvalue weighted by molar-refractivity contribution is 7.99. The molecule has 1 aliphatic rings. The summed E-state index contributed by atoms with van der Waals surface area (Å²) in [6, 6.07) is -0.497. The number of nitrogens with two attached hydrogens (primary N) is 2. The molecule has 0 radical (unpaired) electrons. The van der Waals surface area contributed by atoms with Gasteiger partial charge >= 0.3 is 0 Å². The first-order chi connectivity index (χ1) is 9.79. The number of thioether (sulfide) groups is 1. The number of nitrogens with one attached hydrogen (secondary N) is 1. The van der Waals surface area contributed by atoms with Gasteiger partial charge in [0.1, 0.15) is 0 Å². The molecular formula is C11H24ClN5O3S2. The van der Waals surface area contributed by atoms with Crippen LogP contribution in [-0.4, -0.2) is 68.6 Å². The molecule has 1 heterocycles. The van der Waals surface area contributed by atoms with Gasteiger partial charge in [-0.1, -0.05) is 0 Å². The zero-order chi connectivity index (χ0) is 15.9. The largest absolute Gasteiger partial charge is 0.369 e. The highest BCUT2D eigenvalue weighted by atomic mass is 35.5. The van der Waals surface area contributed by atoms with Crippen molar-refractivity contribution in [2.75, 3.05) is 37.4 Å². The lowest BCUT2D eigenvalue weighted by Crippen LogP contribution is -2.43. The van der Waals surface area contributed by atoms with Gasteiger partial charge in [-0.15, -0.1) is 12.4 Å². The summed E-state index contributed by atoms with van der Waals surface area (Å²) >= 11 is 1.50. The van der Waals surface area contributed by atoms with Crippen molar-refractivity contribution in [2.24, 2.45) is 16.5 Å². The molecule has 1 saturated heterocycles. The molecule has 0 aromatic rings. The van der Waals surface area contributed by atoms with Crippen molar-refractivity contribution >= 4 is 46.1 Å². The molecule has 1 aliphatic heterocycles. The average molecular weight is 374 g/mol. The molecule has 0 aliphatic carbocycles. The summed E-state index contributed by atoms with van der Waals surface area (Å²) in [5.41, 5.74) is 11.3. The van der Waals surface area contributed by atoms with E-state index in [-0.39, 0.29) is 24.3 Å². The summed E-state index contributed by atoms with van der Waals surface area (Å²) in [7, 11) is -3.38. The normalized spacial score (nSPS) is 17.0. The summed E-state index contributed by atoms with van der Waals surface area (Å²) in [4.78, 5) is 17.6. The topological polar surface area (TPSA) is 131 Å². The lowest BCUT2D eigenvalue weighted by Gasteiger charge is -2.19. The Balaban J connectivity index is 0.00000441. The van der Waals surface area contributed by atoms with E-state index in [1.165, 1.54) is 11.8 Å². The van der Waals surface area contributed by atoms with Crippen molar-refractivity contribution in [3.63, 3.8) is 0 Å². The fraction of sp³-hybridized carbons (Fsp3) is 0.818. The molecule has 0 bridgehead atoms. The maximum atomic E-state index is 11.9. The van der Waals surface area contributed by atoms with Gasteiger partial charge in [-0.3, -0.25) is 14.5 Å². The number of nitrogens with zero attached hydrogens (tertiary/aromatic N) is 2. The maximum absolute atomic E-state index is 11.9. The van der Waals surface area contributed by atoms with Crippen LogP contribution in [0.1, 0.15) is 12.8 Å². The summed E-state index contributed by atoms with van der Waals surface area (Å²) < 4.78 is 23.8. The fourth-order valence-electron chi connectivity index (χ4n) is 1.91.